The van der Waals surface area contributed by atoms with Crippen LogP contribution in [0.4, 0.5) is 5.69 Å². The molecule has 0 unspecified atom stereocenters. The molecule has 4 nitrogen and oxygen atoms in total. The number of nitrogen functional groups attached to an aromatic ring is 1. The molecule has 6 heteroatoms. The lowest BCUT2D eigenvalue weighted by atomic mass is 10.1. The van der Waals surface area contributed by atoms with Gasteiger partial charge in [0, 0.05) is 5.02 Å². The fourth-order valence-electron chi connectivity index (χ4n) is 1.82. The van der Waals surface area contributed by atoms with Crippen LogP contribution in [-0.2, 0) is 6.61 Å². The lowest BCUT2D eigenvalue weighted by Gasteiger charge is -2.12. The summed E-state index contributed by atoms with van der Waals surface area (Å²) in [6.45, 7) is 0.281. The maximum atomic E-state index is 9.07. The van der Waals surface area contributed by atoms with Gasteiger partial charge in [0.2, 0.25) is 0 Å². The second kappa shape index (κ2) is 6.70. The van der Waals surface area contributed by atoms with Gasteiger partial charge in [0.25, 0.3) is 0 Å². The zero-order chi connectivity index (χ0) is 15.4. The van der Waals surface area contributed by atoms with Crippen molar-refractivity contribution in [2.24, 2.45) is 0 Å². The van der Waals surface area contributed by atoms with E-state index in [0.29, 0.717) is 32.2 Å². The van der Waals surface area contributed by atoms with Gasteiger partial charge in [0.15, 0.2) is 5.75 Å². The van der Waals surface area contributed by atoms with Crippen molar-refractivity contribution in [3.05, 3.63) is 51.0 Å². The van der Waals surface area contributed by atoms with Crippen LogP contribution in [0.2, 0.25) is 5.02 Å². The lowest BCUT2D eigenvalue weighted by Crippen LogP contribution is -2.00. The van der Waals surface area contributed by atoms with Crippen LogP contribution in [0, 0.1) is 11.3 Å². The fraction of sp³-hybridized carbons (Fsp3) is 0.133. The summed E-state index contributed by atoms with van der Waals surface area (Å²) in [6, 6.07) is 10.7. The molecule has 0 aliphatic rings. The van der Waals surface area contributed by atoms with Crippen molar-refractivity contribution in [3.8, 4) is 17.6 Å². The number of anilines is 1. The van der Waals surface area contributed by atoms with Gasteiger partial charge in [-0.2, -0.15) is 5.26 Å². The highest BCUT2D eigenvalue weighted by molar-refractivity contribution is 9.10. The van der Waals surface area contributed by atoms with Gasteiger partial charge in [-0.05, 0) is 45.8 Å². The van der Waals surface area contributed by atoms with Crippen LogP contribution in [0.1, 0.15) is 11.1 Å². The summed E-state index contributed by atoms with van der Waals surface area (Å²) in [5.41, 5.74) is 7.63. The van der Waals surface area contributed by atoms with Crippen LogP contribution < -0.4 is 15.2 Å². The molecule has 0 amide bonds. The third-order valence-electron chi connectivity index (χ3n) is 2.80. The normalized spacial score (nSPS) is 10.0. The maximum absolute atomic E-state index is 9.07. The van der Waals surface area contributed by atoms with Gasteiger partial charge < -0.3 is 15.2 Å². The summed E-state index contributed by atoms with van der Waals surface area (Å²) >= 11 is 9.26. The standard InChI is InChI=1S/C15H12BrClN2O2/c1-20-14-3-2-9(4-10(14)7-18)8-21-15-12(16)5-11(17)6-13(15)19/h2-6H,8,19H2,1H3. The summed E-state index contributed by atoms with van der Waals surface area (Å²) < 4.78 is 11.5. The number of hydrogen-bond acceptors (Lipinski definition) is 4. The molecule has 2 rings (SSSR count). The van der Waals surface area contributed by atoms with E-state index in [-0.39, 0.29) is 6.61 Å². The highest BCUT2D eigenvalue weighted by Crippen LogP contribution is 2.35. The van der Waals surface area contributed by atoms with Crippen molar-refractivity contribution in [3.63, 3.8) is 0 Å². The fourth-order valence-corrected chi connectivity index (χ4v) is 2.77. The first-order chi connectivity index (χ1) is 10.0. The minimum Gasteiger partial charge on any atom is -0.495 e. The first kappa shape index (κ1) is 15.5. The molecule has 2 N–H and O–H groups in total. The monoisotopic (exact) mass is 366 g/mol. The molecule has 0 heterocycles. The Hall–Kier alpha value is -1.90. The van der Waals surface area contributed by atoms with Crippen LogP contribution in [0.25, 0.3) is 0 Å². The Kier molecular flexibility index (Phi) is 4.94. The van der Waals surface area contributed by atoms with E-state index in [1.165, 1.54) is 7.11 Å². The van der Waals surface area contributed by atoms with Gasteiger partial charge in [0.05, 0.1) is 22.8 Å². The SMILES string of the molecule is COc1ccc(COc2c(N)cc(Cl)cc2Br)cc1C#N. The average molecular weight is 368 g/mol. The number of methoxy groups -OCH3 is 1. The third-order valence-corrected chi connectivity index (χ3v) is 3.61. The van der Waals surface area contributed by atoms with Crippen molar-refractivity contribution in [2.45, 2.75) is 6.61 Å². The van der Waals surface area contributed by atoms with Gasteiger partial charge in [0.1, 0.15) is 18.4 Å². The van der Waals surface area contributed by atoms with Gasteiger partial charge in [-0.25, -0.2) is 0 Å². The van der Waals surface area contributed by atoms with Crippen molar-refractivity contribution < 1.29 is 9.47 Å². The number of nitriles is 1. The molecule has 0 fully saturated rings. The smallest absolute Gasteiger partial charge is 0.156 e. The van der Waals surface area contributed by atoms with Gasteiger partial charge in [-0.15, -0.1) is 0 Å². The molecule has 108 valence electrons. The molecule has 0 aliphatic carbocycles. The molecular weight excluding hydrogens is 356 g/mol. The van der Waals surface area contributed by atoms with E-state index >= 15 is 0 Å². The van der Waals surface area contributed by atoms with Gasteiger partial charge in [-0.1, -0.05) is 17.7 Å². The predicted octanol–water partition coefficient (Wildman–Crippen LogP) is 4.14. The van der Waals surface area contributed by atoms with Crippen LogP contribution in [0.15, 0.2) is 34.8 Å². The number of rotatable bonds is 4. The Bertz CT molecular complexity index is 690. The molecule has 0 aromatic heterocycles. The lowest BCUT2D eigenvalue weighted by molar-refractivity contribution is 0.305. The summed E-state index contributed by atoms with van der Waals surface area (Å²) in [7, 11) is 1.53. The molecule has 2 aromatic carbocycles. The van der Waals surface area contributed by atoms with E-state index in [1.54, 1.807) is 24.3 Å². The van der Waals surface area contributed by atoms with Gasteiger partial charge >= 0.3 is 0 Å². The maximum Gasteiger partial charge on any atom is 0.156 e. The zero-order valence-corrected chi connectivity index (χ0v) is 13.5. The summed E-state index contributed by atoms with van der Waals surface area (Å²) in [5.74, 6) is 1.06. The van der Waals surface area contributed by atoms with Crippen molar-refractivity contribution >= 4 is 33.2 Å². The van der Waals surface area contributed by atoms with E-state index in [2.05, 4.69) is 22.0 Å². The molecule has 2 aromatic rings. The van der Waals surface area contributed by atoms with Crippen LogP contribution in [0.5, 0.6) is 11.5 Å². The summed E-state index contributed by atoms with van der Waals surface area (Å²) in [4.78, 5) is 0. The Morgan fingerprint density at radius 2 is 2.10 bits per heavy atom. The second-order valence-corrected chi connectivity index (χ2v) is 5.53. The number of ether oxygens (including phenoxy) is 2. The molecule has 0 bridgehead atoms. The number of nitrogens with two attached hydrogens (primary N) is 1. The van der Waals surface area contributed by atoms with Crippen LogP contribution in [-0.4, -0.2) is 7.11 Å². The number of benzene rings is 2. The second-order valence-electron chi connectivity index (χ2n) is 4.24. The minimum atomic E-state index is 0.281. The van der Waals surface area contributed by atoms with E-state index in [9.17, 15) is 0 Å². The molecule has 21 heavy (non-hydrogen) atoms. The summed E-state index contributed by atoms with van der Waals surface area (Å²) in [6.07, 6.45) is 0. The highest BCUT2D eigenvalue weighted by Gasteiger charge is 2.09. The number of hydrogen-bond donors (Lipinski definition) is 1. The van der Waals surface area contributed by atoms with Crippen molar-refractivity contribution in [1.29, 1.82) is 5.26 Å². The predicted molar refractivity (Wildman–Crippen MR) is 85.6 cm³/mol. The summed E-state index contributed by atoms with van der Waals surface area (Å²) in [5, 5.41) is 9.60. The Morgan fingerprint density at radius 1 is 1.33 bits per heavy atom. The molecule has 0 atom stereocenters. The molecular formula is C15H12BrClN2O2. The topological polar surface area (TPSA) is 68.3 Å². The zero-order valence-electron chi connectivity index (χ0n) is 11.2. The molecule has 0 saturated heterocycles. The molecule has 0 aliphatic heterocycles. The van der Waals surface area contributed by atoms with Gasteiger partial charge in [-0.3, -0.25) is 0 Å². The Labute approximate surface area is 136 Å². The molecule has 0 radical (unpaired) electrons. The van der Waals surface area contributed by atoms with E-state index in [1.807, 2.05) is 6.07 Å². The first-order valence-corrected chi connectivity index (χ1v) is 7.16. The number of halogens is 2. The van der Waals surface area contributed by atoms with Crippen molar-refractivity contribution in [2.75, 3.05) is 12.8 Å². The third kappa shape index (κ3) is 3.60. The number of nitrogens with zero attached hydrogens (tertiary/aromatic N) is 1. The quantitative estimate of drug-likeness (QED) is 0.825. The average Bonchev–Trinajstić information content (AvgIpc) is 2.45. The van der Waals surface area contributed by atoms with Crippen molar-refractivity contribution in [1.82, 2.24) is 0 Å². The van der Waals surface area contributed by atoms with Crippen LogP contribution in [0.3, 0.4) is 0 Å². The first-order valence-electron chi connectivity index (χ1n) is 5.99. The van der Waals surface area contributed by atoms with E-state index in [4.69, 9.17) is 32.1 Å². The minimum absolute atomic E-state index is 0.281. The largest absolute Gasteiger partial charge is 0.495 e. The van der Waals surface area contributed by atoms with E-state index < -0.39 is 0 Å². The van der Waals surface area contributed by atoms with Crippen LogP contribution >= 0.6 is 27.5 Å². The Balaban J connectivity index is 2.19. The van der Waals surface area contributed by atoms with E-state index in [0.717, 1.165) is 5.56 Å². The molecule has 0 spiro atoms. The Morgan fingerprint density at radius 3 is 2.71 bits per heavy atom. The molecule has 0 saturated carbocycles. The highest BCUT2D eigenvalue weighted by atomic mass is 79.9.